The molecule has 4 rings (SSSR count). The number of nitrogens with zero attached hydrogens (tertiary/aromatic N) is 2. The Hall–Kier alpha value is -1.69. The van der Waals surface area contributed by atoms with Crippen molar-refractivity contribution in [1.82, 2.24) is 4.90 Å². The van der Waals surface area contributed by atoms with Crippen LogP contribution in [0.15, 0.2) is 53.5 Å². The van der Waals surface area contributed by atoms with E-state index in [1.807, 2.05) is 4.90 Å². The molecular weight excluding hydrogens is 459 g/mol. The maximum absolute atomic E-state index is 13.3. The lowest BCUT2D eigenvalue weighted by atomic mass is 9.98. The number of rotatable bonds is 6. The average molecular weight is 486 g/mol. The van der Waals surface area contributed by atoms with Crippen molar-refractivity contribution in [2.24, 2.45) is 4.99 Å². The van der Waals surface area contributed by atoms with E-state index in [-0.39, 0.29) is 5.91 Å². The predicted molar refractivity (Wildman–Crippen MR) is 123 cm³/mol. The number of carbonyl (C=O) groups excluding carboxylic acids is 1. The fourth-order valence-corrected chi connectivity index (χ4v) is 5.06. The van der Waals surface area contributed by atoms with E-state index in [4.69, 9.17) is 4.99 Å². The number of hydrogen-bond acceptors (Lipinski definition) is 2. The summed E-state index contributed by atoms with van der Waals surface area (Å²) in [6.45, 7) is 2.83. The lowest BCUT2D eigenvalue weighted by molar-refractivity contribution is -0.131. The first-order valence-corrected chi connectivity index (χ1v) is 11.5. The number of amides is 1. The van der Waals surface area contributed by atoms with Gasteiger partial charge in [0, 0.05) is 9.99 Å². The van der Waals surface area contributed by atoms with Crippen LogP contribution >= 0.6 is 22.6 Å². The highest BCUT2D eigenvalue weighted by Gasteiger charge is 2.49. The summed E-state index contributed by atoms with van der Waals surface area (Å²) in [6, 6.07) is 17.1. The van der Waals surface area contributed by atoms with Crippen LogP contribution < -0.4 is 0 Å². The summed E-state index contributed by atoms with van der Waals surface area (Å²) in [4.78, 5) is 20.2. The van der Waals surface area contributed by atoms with Crippen molar-refractivity contribution in [1.29, 1.82) is 0 Å². The number of halogens is 1. The summed E-state index contributed by atoms with van der Waals surface area (Å²) in [5.41, 5.74) is 3.20. The van der Waals surface area contributed by atoms with Crippen LogP contribution in [0.2, 0.25) is 0 Å². The Bertz CT molecular complexity index is 882. The van der Waals surface area contributed by atoms with Gasteiger partial charge in [0.1, 0.15) is 11.4 Å². The standard InChI is InChI=1S/C24H27IN2O/c1-2-3-10-22-26-24(15-6-7-16-24)23(28)27(22)17-18-11-13-19(14-12-18)20-8-4-5-9-21(20)25/h4-5,8-9,11-14H,2-3,6-7,10,15-17H2,1H3. The predicted octanol–water partition coefficient (Wildman–Crippen LogP) is 6.20. The van der Waals surface area contributed by atoms with Crippen LogP contribution in [0, 0.1) is 3.57 Å². The molecule has 0 unspecified atom stereocenters. The molecule has 2 aliphatic rings. The summed E-state index contributed by atoms with van der Waals surface area (Å²) in [5.74, 6) is 1.24. The Morgan fingerprint density at radius 2 is 1.79 bits per heavy atom. The van der Waals surface area contributed by atoms with E-state index in [9.17, 15) is 4.79 Å². The van der Waals surface area contributed by atoms with Gasteiger partial charge in [-0.25, -0.2) is 0 Å². The minimum Gasteiger partial charge on any atom is -0.294 e. The van der Waals surface area contributed by atoms with Gasteiger partial charge in [0.05, 0.1) is 6.54 Å². The van der Waals surface area contributed by atoms with Crippen molar-refractivity contribution in [3.05, 3.63) is 57.7 Å². The molecule has 1 saturated carbocycles. The zero-order valence-electron chi connectivity index (χ0n) is 16.5. The number of benzene rings is 2. The molecule has 1 heterocycles. The molecule has 146 valence electrons. The number of carbonyl (C=O) groups is 1. The molecule has 0 saturated heterocycles. The van der Waals surface area contributed by atoms with Crippen molar-refractivity contribution in [2.75, 3.05) is 0 Å². The van der Waals surface area contributed by atoms with E-state index in [0.29, 0.717) is 6.54 Å². The van der Waals surface area contributed by atoms with Crippen molar-refractivity contribution < 1.29 is 4.79 Å². The Kier molecular flexibility index (Phi) is 5.85. The van der Waals surface area contributed by atoms with Crippen molar-refractivity contribution >= 4 is 34.3 Å². The molecule has 0 aromatic heterocycles. The molecule has 1 aliphatic carbocycles. The summed E-state index contributed by atoms with van der Waals surface area (Å²) in [7, 11) is 0. The first kappa shape index (κ1) is 19.6. The molecule has 1 fully saturated rings. The third kappa shape index (κ3) is 3.76. The monoisotopic (exact) mass is 486 g/mol. The maximum Gasteiger partial charge on any atom is 0.256 e. The highest BCUT2D eigenvalue weighted by Crippen LogP contribution is 2.40. The molecular formula is C24H27IN2O. The van der Waals surface area contributed by atoms with Crippen LogP contribution in [0.3, 0.4) is 0 Å². The zero-order valence-corrected chi connectivity index (χ0v) is 18.6. The van der Waals surface area contributed by atoms with Gasteiger partial charge >= 0.3 is 0 Å². The lowest BCUT2D eigenvalue weighted by Gasteiger charge is -2.23. The van der Waals surface area contributed by atoms with E-state index < -0.39 is 5.54 Å². The molecule has 0 bridgehead atoms. The second kappa shape index (κ2) is 8.36. The highest BCUT2D eigenvalue weighted by atomic mass is 127. The van der Waals surface area contributed by atoms with Crippen LogP contribution in [0.4, 0.5) is 0 Å². The molecule has 0 atom stereocenters. The summed E-state index contributed by atoms with van der Waals surface area (Å²) in [6.07, 6.45) is 7.20. The molecule has 0 radical (unpaired) electrons. The van der Waals surface area contributed by atoms with Crippen molar-refractivity contribution in [2.45, 2.75) is 64.0 Å². The maximum atomic E-state index is 13.3. The molecule has 28 heavy (non-hydrogen) atoms. The van der Waals surface area contributed by atoms with Gasteiger partial charge in [-0.3, -0.25) is 14.7 Å². The van der Waals surface area contributed by atoms with Gasteiger partial charge in [-0.15, -0.1) is 0 Å². The molecule has 2 aromatic carbocycles. The highest BCUT2D eigenvalue weighted by molar-refractivity contribution is 14.1. The fraction of sp³-hybridized carbons (Fsp3) is 0.417. The number of hydrogen-bond donors (Lipinski definition) is 0. The summed E-state index contributed by atoms with van der Waals surface area (Å²) < 4.78 is 1.25. The number of amidine groups is 1. The van der Waals surface area contributed by atoms with Gasteiger partial charge in [0.25, 0.3) is 5.91 Å². The van der Waals surface area contributed by atoms with Crippen LogP contribution in [-0.2, 0) is 11.3 Å². The van der Waals surface area contributed by atoms with E-state index in [1.165, 1.54) is 20.3 Å². The first-order valence-electron chi connectivity index (χ1n) is 10.4. The van der Waals surface area contributed by atoms with Gasteiger partial charge in [-0.05, 0) is 64.6 Å². The molecule has 1 amide bonds. The normalized spacial score (nSPS) is 18.1. The van der Waals surface area contributed by atoms with E-state index in [0.717, 1.165) is 50.8 Å². The summed E-state index contributed by atoms with van der Waals surface area (Å²) >= 11 is 2.38. The first-order chi connectivity index (χ1) is 13.6. The zero-order chi connectivity index (χ0) is 19.6. The van der Waals surface area contributed by atoms with Gasteiger partial charge in [-0.2, -0.15) is 0 Å². The Morgan fingerprint density at radius 3 is 2.46 bits per heavy atom. The Morgan fingerprint density at radius 1 is 1.07 bits per heavy atom. The minimum atomic E-state index is -0.441. The van der Waals surface area contributed by atoms with Crippen molar-refractivity contribution in [3.8, 4) is 11.1 Å². The third-order valence-corrected chi connectivity index (χ3v) is 6.90. The van der Waals surface area contributed by atoms with Crippen LogP contribution in [0.25, 0.3) is 11.1 Å². The summed E-state index contributed by atoms with van der Waals surface area (Å²) in [5, 5.41) is 0. The molecule has 1 spiro atoms. The van der Waals surface area contributed by atoms with Gasteiger partial charge in [-0.1, -0.05) is 68.7 Å². The second-order valence-corrected chi connectivity index (χ2v) is 9.10. The minimum absolute atomic E-state index is 0.234. The average Bonchev–Trinajstić information content (AvgIpc) is 3.28. The lowest BCUT2D eigenvalue weighted by Crippen LogP contribution is -2.40. The SMILES string of the molecule is CCCCC1=NC2(CCCC2)C(=O)N1Cc1ccc(-c2ccccc2I)cc1. The Balaban J connectivity index is 1.54. The van der Waals surface area contributed by atoms with Crippen LogP contribution in [-0.4, -0.2) is 22.2 Å². The topological polar surface area (TPSA) is 32.7 Å². The number of aliphatic imine (C=N–C) groups is 1. The van der Waals surface area contributed by atoms with Gasteiger partial charge in [0.15, 0.2) is 0 Å². The molecule has 2 aromatic rings. The molecule has 3 nitrogen and oxygen atoms in total. The Labute approximate surface area is 181 Å². The van der Waals surface area contributed by atoms with E-state index in [2.05, 4.69) is 78.0 Å². The second-order valence-electron chi connectivity index (χ2n) is 7.94. The van der Waals surface area contributed by atoms with Gasteiger partial charge < -0.3 is 0 Å². The van der Waals surface area contributed by atoms with Crippen LogP contribution in [0.1, 0.15) is 57.4 Å². The van der Waals surface area contributed by atoms with Crippen LogP contribution in [0.5, 0.6) is 0 Å². The molecule has 0 N–H and O–H groups in total. The third-order valence-electron chi connectivity index (χ3n) is 5.96. The molecule has 4 heteroatoms. The van der Waals surface area contributed by atoms with E-state index in [1.54, 1.807) is 0 Å². The number of unbranched alkanes of at least 4 members (excludes halogenated alkanes) is 1. The quantitative estimate of drug-likeness (QED) is 0.448. The van der Waals surface area contributed by atoms with Crippen molar-refractivity contribution in [3.63, 3.8) is 0 Å². The smallest absolute Gasteiger partial charge is 0.256 e. The van der Waals surface area contributed by atoms with Gasteiger partial charge in [0.2, 0.25) is 0 Å². The largest absolute Gasteiger partial charge is 0.294 e. The fourth-order valence-electron chi connectivity index (χ4n) is 4.37. The van der Waals surface area contributed by atoms with E-state index >= 15 is 0 Å². The molecule has 1 aliphatic heterocycles.